The number of para-hydroxylation sites is 2. The number of fused-ring (bicyclic) bond motifs is 3. The van der Waals surface area contributed by atoms with E-state index in [2.05, 4.69) is 16.4 Å². The fraction of sp³-hybridized carbons (Fsp3) is 0. The molecule has 0 radical (unpaired) electrons. The van der Waals surface area contributed by atoms with Gasteiger partial charge >= 0.3 is 0 Å². The molecule has 5 aromatic rings. The van der Waals surface area contributed by atoms with E-state index >= 15 is 0 Å². The van der Waals surface area contributed by atoms with Crippen molar-refractivity contribution in [3.05, 3.63) is 91.1 Å². The highest BCUT2D eigenvalue weighted by Crippen LogP contribution is 2.38. The molecule has 4 heteroatoms. The summed E-state index contributed by atoms with van der Waals surface area (Å²) in [5.41, 5.74) is 3.47. The molecule has 0 saturated heterocycles. The van der Waals surface area contributed by atoms with E-state index < -0.39 is 0 Å². The van der Waals surface area contributed by atoms with E-state index in [1.807, 2.05) is 78.9 Å². The van der Waals surface area contributed by atoms with E-state index in [0.29, 0.717) is 11.6 Å². The van der Waals surface area contributed by atoms with Crippen LogP contribution in [0.1, 0.15) is 0 Å². The van der Waals surface area contributed by atoms with E-state index in [1.165, 1.54) is 0 Å². The van der Waals surface area contributed by atoms with Crippen molar-refractivity contribution >= 4 is 33.3 Å². The zero-order valence-corrected chi connectivity index (χ0v) is 14.4. The molecule has 3 aromatic carbocycles. The van der Waals surface area contributed by atoms with Crippen molar-refractivity contribution in [2.75, 3.05) is 5.32 Å². The normalized spacial score (nSPS) is 11.0. The standard InChI is InChI=1S/C23H16N2O2/c1-2-8-16(9-3-1)25-20-15-17(26-22-12-6-7-13-24-22)14-19-18-10-4-5-11-21(18)27-23(19)20/h1-15,25H. The van der Waals surface area contributed by atoms with E-state index in [-0.39, 0.29) is 0 Å². The van der Waals surface area contributed by atoms with Crippen molar-refractivity contribution in [3.8, 4) is 11.6 Å². The predicted molar refractivity (Wildman–Crippen MR) is 108 cm³/mol. The number of hydrogen-bond donors (Lipinski definition) is 1. The third kappa shape index (κ3) is 2.98. The Bertz CT molecular complexity index is 1210. The maximum atomic E-state index is 6.13. The molecule has 5 rings (SSSR count). The largest absolute Gasteiger partial charge is 0.454 e. The highest BCUT2D eigenvalue weighted by molar-refractivity contribution is 6.10. The van der Waals surface area contributed by atoms with Crippen LogP contribution in [0.5, 0.6) is 11.6 Å². The number of furan rings is 1. The lowest BCUT2D eigenvalue weighted by Gasteiger charge is -2.10. The summed E-state index contributed by atoms with van der Waals surface area (Å²) in [5, 5.41) is 5.49. The van der Waals surface area contributed by atoms with Crippen LogP contribution in [0, 0.1) is 0 Å². The number of anilines is 2. The Kier molecular flexibility index (Phi) is 3.72. The van der Waals surface area contributed by atoms with Gasteiger partial charge in [0.15, 0.2) is 5.58 Å². The van der Waals surface area contributed by atoms with Crippen LogP contribution in [0.3, 0.4) is 0 Å². The predicted octanol–water partition coefficient (Wildman–Crippen LogP) is 6.52. The van der Waals surface area contributed by atoms with Gasteiger partial charge in [-0.2, -0.15) is 0 Å². The van der Waals surface area contributed by atoms with Crippen LogP contribution in [-0.4, -0.2) is 4.98 Å². The molecule has 0 aliphatic carbocycles. The first-order chi connectivity index (χ1) is 13.4. The number of aromatic nitrogens is 1. The van der Waals surface area contributed by atoms with Crippen LogP contribution in [0.15, 0.2) is 95.5 Å². The maximum absolute atomic E-state index is 6.13. The Hall–Kier alpha value is -3.79. The minimum Gasteiger partial charge on any atom is -0.454 e. The Balaban J connectivity index is 1.68. The summed E-state index contributed by atoms with van der Waals surface area (Å²) in [4.78, 5) is 4.25. The molecule has 2 aromatic heterocycles. The SMILES string of the molecule is c1ccc(Nc2cc(Oc3ccccn3)cc3c2oc2ccccc23)cc1. The van der Waals surface area contributed by atoms with Crippen molar-refractivity contribution in [2.24, 2.45) is 0 Å². The third-order valence-corrected chi connectivity index (χ3v) is 4.36. The van der Waals surface area contributed by atoms with Gasteiger partial charge in [-0.15, -0.1) is 0 Å². The molecule has 0 atom stereocenters. The van der Waals surface area contributed by atoms with Crippen molar-refractivity contribution in [1.82, 2.24) is 4.98 Å². The van der Waals surface area contributed by atoms with E-state index in [4.69, 9.17) is 9.15 Å². The summed E-state index contributed by atoms with van der Waals surface area (Å²) in [6.45, 7) is 0. The first kappa shape index (κ1) is 15.5. The van der Waals surface area contributed by atoms with Crippen LogP contribution < -0.4 is 10.1 Å². The second-order valence-corrected chi connectivity index (χ2v) is 6.21. The van der Waals surface area contributed by atoms with Crippen molar-refractivity contribution < 1.29 is 9.15 Å². The highest BCUT2D eigenvalue weighted by atomic mass is 16.5. The lowest BCUT2D eigenvalue weighted by Crippen LogP contribution is -1.93. The van der Waals surface area contributed by atoms with Crippen molar-refractivity contribution in [3.63, 3.8) is 0 Å². The number of benzene rings is 3. The lowest BCUT2D eigenvalue weighted by molar-refractivity contribution is 0.464. The summed E-state index contributed by atoms with van der Waals surface area (Å²) in [7, 11) is 0. The monoisotopic (exact) mass is 352 g/mol. The minimum absolute atomic E-state index is 0.551. The molecule has 2 heterocycles. The van der Waals surface area contributed by atoms with Gasteiger partial charge in [-0.25, -0.2) is 4.98 Å². The number of ether oxygens (including phenoxy) is 1. The molecule has 27 heavy (non-hydrogen) atoms. The number of nitrogens with zero attached hydrogens (tertiary/aromatic N) is 1. The van der Waals surface area contributed by atoms with Crippen LogP contribution in [-0.2, 0) is 0 Å². The van der Waals surface area contributed by atoms with Gasteiger partial charge in [0, 0.05) is 34.8 Å². The quantitative estimate of drug-likeness (QED) is 0.400. The van der Waals surface area contributed by atoms with E-state index in [9.17, 15) is 0 Å². The summed E-state index contributed by atoms with van der Waals surface area (Å²) < 4.78 is 12.1. The van der Waals surface area contributed by atoms with Crippen LogP contribution in [0.2, 0.25) is 0 Å². The maximum Gasteiger partial charge on any atom is 0.219 e. The van der Waals surface area contributed by atoms with Gasteiger partial charge < -0.3 is 14.5 Å². The molecular formula is C23H16N2O2. The minimum atomic E-state index is 0.551. The molecule has 0 amide bonds. The lowest BCUT2D eigenvalue weighted by atomic mass is 10.1. The third-order valence-electron chi connectivity index (χ3n) is 4.36. The molecule has 0 unspecified atom stereocenters. The average molecular weight is 352 g/mol. The Morgan fingerprint density at radius 3 is 2.44 bits per heavy atom. The molecule has 0 aliphatic heterocycles. The summed E-state index contributed by atoms with van der Waals surface area (Å²) in [6, 6.07) is 27.5. The number of rotatable bonds is 4. The first-order valence-electron chi connectivity index (χ1n) is 8.73. The summed E-state index contributed by atoms with van der Waals surface area (Å²) in [5.74, 6) is 1.25. The van der Waals surface area contributed by atoms with Gasteiger partial charge in [0.2, 0.25) is 5.88 Å². The van der Waals surface area contributed by atoms with Gasteiger partial charge in [0.05, 0.1) is 5.69 Å². The topological polar surface area (TPSA) is 47.3 Å². The second kappa shape index (κ2) is 6.50. The molecule has 4 nitrogen and oxygen atoms in total. The Morgan fingerprint density at radius 2 is 1.59 bits per heavy atom. The highest BCUT2D eigenvalue weighted by Gasteiger charge is 2.14. The fourth-order valence-corrected chi connectivity index (χ4v) is 3.16. The zero-order valence-electron chi connectivity index (χ0n) is 14.4. The smallest absolute Gasteiger partial charge is 0.219 e. The first-order valence-corrected chi connectivity index (χ1v) is 8.73. The molecule has 1 N–H and O–H groups in total. The number of hydrogen-bond acceptors (Lipinski definition) is 4. The van der Waals surface area contributed by atoms with Gasteiger partial charge in [0.1, 0.15) is 11.3 Å². The summed E-state index contributed by atoms with van der Waals surface area (Å²) >= 11 is 0. The molecule has 0 bridgehead atoms. The van der Waals surface area contributed by atoms with Crippen LogP contribution in [0.25, 0.3) is 21.9 Å². The fourth-order valence-electron chi connectivity index (χ4n) is 3.16. The van der Waals surface area contributed by atoms with Crippen molar-refractivity contribution in [2.45, 2.75) is 0 Å². The van der Waals surface area contributed by atoms with Crippen LogP contribution >= 0.6 is 0 Å². The molecular weight excluding hydrogens is 336 g/mol. The van der Waals surface area contributed by atoms with E-state index in [0.717, 1.165) is 33.3 Å². The number of nitrogens with one attached hydrogen (secondary N) is 1. The molecule has 0 aliphatic rings. The molecule has 0 fully saturated rings. The van der Waals surface area contributed by atoms with Crippen molar-refractivity contribution in [1.29, 1.82) is 0 Å². The Labute approximate surface area is 156 Å². The van der Waals surface area contributed by atoms with Gasteiger partial charge in [-0.1, -0.05) is 42.5 Å². The van der Waals surface area contributed by atoms with Crippen LogP contribution in [0.4, 0.5) is 11.4 Å². The molecule has 0 saturated carbocycles. The van der Waals surface area contributed by atoms with E-state index in [1.54, 1.807) is 6.20 Å². The molecule has 0 spiro atoms. The molecule has 130 valence electrons. The number of pyridine rings is 1. The van der Waals surface area contributed by atoms with Gasteiger partial charge in [-0.05, 0) is 30.3 Å². The average Bonchev–Trinajstić information content (AvgIpc) is 3.09. The summed E-state index contributed by atoms with van der Waals surface area (Å²) in [6.07, 6.45) is 1.71. The second-order valence-electron chi connectivity index (χ2n) is 6.21. The zero-order chi connectivity index (χ0) is 18.1. The van der Waals surface area contributed by atoms with Gasteiger partial charge in [0.25, 0.3) is 0 Å². The van der Waals surface area contributed by atoms with Gasteiger partial charge in [-0.3, -0.25) is 0 Å². The Morgan fingerprint density at radius 1 is 0.778 bits per heavy atom.